The van der Waals surface area contributed by atoms with Crippen molar-refractivity contribution in [3.63, 3.8) is 0 Å². The maximum atomic E-state index is 11.2. The Morgan fingerprint density at radius 3 is 2.71 bits per heavy atom. The van der Waals surface area contributed by atoms with E-state index in [-0.39, 0.29) is 12.4 Å². The molecule has 0 amide bonds. The zero-order valence-corrected chi connectivity index (χ0v) is 11.3. The first-order valence-corrected chi connectivity index (χ1v) is 5.90. The molecule has 0 unspecified atom stereocenters. The quantitative estimate of drug-likeness (QED) is 0.651. The number of hydrogen-bond acceptors (Lipinski definition) is 6. The van der Waals surface area contributed by atoms with Gasteiger partial charge in [-0.25, -0.2) is 4.79 Å². The number of hydrogen-bond donors (Lipinski definition) is 1. The van der Waals surface area contributed by atoms with Crippen LogP contribution in [0, 0.1) is 17.0 Å². The molecule has 0 aliphatic rings. The molecule has 1 aromatic carbocycles. The Hall–Kier alpha value is -2.97. The van der Waals surface area contributed by atoms with Gasteiger partial charge in [-0.05, 0) is 13.0 Å². The Morgan fingerprint density at radius 2 is 2.19 bits per heavy atom. The highest BCUT2D eigenvalue weighted by molar-refractivity contribution is 5.95. The number of aromatic carboxylic acids is 1. The van der Waals surface area contributed by atoms with Gasteiger partial charge in [-0.1, -0.05) is 6.07 Å². The van der Waals surface area contributed by atoms with Crippen LogP contribution in [-0.2, 0) is 13.7 Å². The first kappa shape index (κ1) is 14.4. The van der Waals surface area contributed by atoms with Gasteiger partial charge >= 0.3 is 5.97 Å². The molecule has 9 nitrogen and oxygen atoms in total. The van der Waals surface area contributed by atoms with Crippen LogP contribution in [0.2, 0.25) is 0 Å². The maximum Gasteiger partial charge on any atom is 0.346 e. The molecule has 0 aliphatic carbocycles. The number of ether oxygens (including phenoxy) is 1. The Labute approximate surface area is 118 Å². The van der Waals surface area contributed by atoms with Crippen molar-refractivity contribution in [2.75, 3.05) is 0 Å². The summed E-state index contributed by atoms with van der Waals surface area (Å²) in [6.45, 7) is 1.71. The predicted molar refractivity (Wildman–Crippen MR) is 70.1 cm³/mol. The SMILES string of the molecule is Cc1nnc(COc2cccc([N+](=O)[O-])c2C(=O)O)n1C. The van der Waals surface area contributed by atoms with Gasteiger partial charge in [0.2, 0.25) is 0 Å². The largest absolute Gasteiger partial charge is 0.484 e. The van der Waals surface area contributed by atoms with E-state index in [0.29, 0.717) is 11.6 Å². The van der Waals surface area contributed by atoms with Gasteiger partial charge in [0.25, 0.3) is 5.69 Å². The second kappa shape index (κ2) is 5.57. The lowest BCUT2D eigenvalue weighted by Crippen LogP contribution is -2.09. The molecule has 0 spiro atoms. The second-order valence-corrected chi connectivity index (χ2v) is 4.22. The van der Waals surface area contributed by atoms with Crippen molar-refractivity contribution in [1.29, 1.82) is 0 Å². The van der Waals surface area contributed by atoms with Crippen molar-refractivity contribution in [3.05, 3.63) is 45.5 Å². The zero-order valence-electron chi connectivity index (χ0n) is 11.3. The van der Waals surface area contributed by atoms with Crippen LogP contribution in [0.4, 0.5) is 5.69 Å². The number of nitro benzene ring substituents is 1. The molecule has 0 aliphatic heterocycles. The van der Waals surface area contributed by atoms with Gasteiger partial charge in [0, 0.05) is 13.1 Å². The van der Waals surface area contributed by atoms with Crippen LogP contribution < -0.4 is 4.74 Å². The van der Waals surface area contributed by atoms with Gasteiger partial charge in [-0.2, -0.15) is 0 Å². The third-order valence-electron chi connectivity index (χ3n) is 2.95. The van der Waals surface area contributed by atoms with Crippen LogP contribution in [0.15, 0.2) is 18.2 Å². The van der Waals surface area contributed by atoms with Crippen LogP contribution in [0.3, 0.4) is 0 Å². The molecule has 0 saturated carbocycles. The normalized spacial score (nSPS) is 10.4. The molecule has 0 radical (unpaired) electrons. The van der Waals surface area contributed by atoms with Gasteiger partial charge < -0.3 is 14.4 Å². The second-order valence-electron chi connectivity index (χ2n) is 4.22. The van der Waals surface area contributed by atoms with E-state index in [4.69, 9.17) is 9.84 Å². The standard InChI is InChI=1S/C12H12N4O5/c1-7-13-14-10(15(7)2)6-21-9-5-3-4-8(16(19)20)11(9)12(17)18/h3-5H,6H2,1-2H3,(H,17,18). The van der Waals surface area contributed by atoms with Crippen molar-refractivity contribution in [1.82, 2.24) is 14.8 Å². The van der Waals surface area contributed by atoms with Gasteiger partial charge in [0.05, 0.1) is 4.92 Å². The Balaban J connectivity index is 2.32. The molecule has 1 heterocycles. The lowest BCUT2D eigenvalue weighted by atomic mass is 10.1. The number of nitrogens with zero attached hydrogens (tertiary/aromatic N) is 4. The molecule has 9 heteroatoms. The minimum Gasteiger partial charge on any atom is -0.484 e. The third-order valence-corrected chi connectivity index (χ3v) is 2.95. The smallest absolute Gasteiger partial charge is 0.346 e. The van der Waals surface area contributed by atoms with E-state index in [0.717, 1.165) is 6.07 Å². The molecule has 1 N–H and O–H groups in total. The van der Waals surface area contributed by atoms with Crippen LogP contribution in [-0.4, -0.2) is 30.8 Å². The van der Waals surface area contributed by atoms with E-state index < -0.39 is 22.1 Å². The molecule has 21 heavy (non-hydrogen) atoms. The van der Waals surface area contributed by atoms with E-state index in [1.165, 1.54) is 12.1 Å². The summed E-state index contributed by atoms with van der Waals surface area (Å²) in [5, 5.41) is 27.7. The first-order chi connectivity index (χ1) is 9.91. The Morgan fingerprint density at radius 1 is 1.48 bits per heavy atom. The number of aromatic nitrogens is 3. The number of carboxylic acid groups (broad SMARTS) is 1. The van der Waals surface area contributed by atoms with Crippen LogP contribution >= 0.6 is 0 Å². The highest BCUT2D eigenvalue weighted by atomic mass is 16.6. The maximum absolute atomic E-state index is 11.2. The summed E-state index contributed by atoms with van der Waals surface area (Å²) in [6, 6.07) is 3.84. The van der Waals surface area contributed by atoms with Crippen LogP contribution in [0.25, 0.3) is 0 Å². The summed E-state index contributed by atoms with van der Waals surface area (Å²) in [4.78, 5) is 21.3. The molecule has 1 aromatic heterocycles. The summed E-state index contributed by atoms with van der Waals surface area (Å²) < 4.78 is 7.04. The molecule has 2 rings (SSSR count). The fourth-order valence-electron chi connectivity index (χ4n) is 1.73. The fourth-order valence-corrected chi connectivity index (χ4v) is 1.73. The van der Waals surface area contributed by atoms with Crippen LogP contribution in [0.1, 0.15) is 22.0 Å². The topological polar surface area (TPSA) is 120 Å². The number of benzene rings is 1. The zero-order chi connectivity index (χ0) is 15.6. The molecular weight excluding hydrogens is 280 g/mol. The van der Waals surface area contributed by atoms with Crippen molar-refractivity contribution >= 4 is 11.7 Å². The molecule has 0 fully saturated rings. The monoisotopic (exact) mass is 292 g/mol. The average molecular weight is 292 g/mol. The molecular formula is C12H12N4O5. The summed E-state index contributed by atoms with van der Waals surface area (Å²) in [5.74, 6) is -0.356. The van der Waals surface area contributed by atoms with E-state index >= 15 is 0 Å². The highest BCUT2D eigenvalue weighted by Gasteiger charge is 2.25. The number of carbonyl (C=O) groups is 1. The highest BCUT2D eigenvalue weighted by Crippen LogP contribution is 2.28. The number of rotatable bonds is 5. The number of nitro groups is 1. The summed E-state index contributed by atoms with van der Waals surface area (Å²) in [6.07, 6.45) is 0. The van der Waals surface area contributed by atoms with Gasteiger partial charge in [-0.15, -0.1) is 10.2 Å². The molecule has 0 bridgehead atoms. The Bertz CT molecular complexity index is 710. The number of carboxylic acids is 1. The van der Waals surface area contributed by atoms with Crippen molar-refractivity contribution in [3.8, 4) is 5.75 Å². The van der Waals surface area contributed by atoms with Gasteiger partial charge in [0.15, 0.2) is 11.4 Å². The minimum atomic E-state index is -1.42. The molecule has 2 aromatic rings. The lowest BCUT2D eigenvalue weighted by Gasteiger charge is -2.09. The molecule has 0 atom stereocenters. The van der Waals surface area contributed by atoms with E-state index in [1.807, 2.05) is 0 Å². The Kier molecular flexibility index (Phi) is 3.83. The molecule has 0 saturated heterocycles. The predicted octanol–water partition coefficient (Wildman–Crippen LogP) is 1.31. The van der Waals surface area contributed by atoms with Gasteiger partial charge in [-0.3, -0.25) is 10.1 Å². The first-order valence-electron chi connectivity index (χ1n) is 5.90. The van der Waals surface area contributed by atoms with Crippen LogP contribution in [0.5, 0.6) is 5.75 Å². The van der Waals surface area contributed by atoms with Crippen molar-refractivity contribution in [2.45, 2.75) is 13.5 Å². The van der Waals surface area contributed by atoms with Gasteiger partial charge in [0.1, 0.15) is 18.2 Å². The minimum absolute atomic E-state index is 0.0429. The average Bonchev–Trinajstić information content (AvgIpc) is 2.75. The third kappa shape index (κ3) is 2.81. The number of aryl methyl sites for hydroxylation is 1. The molecule has 110 valence electrons. The van der Waals surface area contributed by atoms with E-state index in [2.05, 4.69) is 10.2 Å². The van der Waals surface area contributed by atoms with Crippen molar-refractivity contribution in [2.24, 2.45) is 7.05 Å². The lowest BCUT2D eigenvalue weighted by molar-refractivity contribution is -0.385. The summed E-state index contributed by atoms with van der Waals surface area (Å²) in [5.41, 5.74) is -1.00. The fraction of sp³-hybridized carbons (Fsp3) is 0.250. The van der Waals surface area contributed by atoms with Crippen molar-refractivity contribution < 1.29 is 19.6 Å². The van der Waals surface area contributed by atoms with E-state index in [9.17, 15) is 14.9 Å². The summed E-state index contributed by atoms with van der Waals surface area (Å²) >= 11 is 0. The van der Waals surface area contributed by atoms with E-state index in [1.54, 1.807) is 18.5 Å². The summed E-state index contributed by atoms with van der Waals surface area (Å²) in [7, 11) is 1.74.